The van der Waals surface area contributed by atoms with Crippen molar-refractivity contribution in [2.75, 3.05) is 19.8 Å². The highest BCUT2D eigenvalue weighted by molar-refractivity contribution is 5.76. The van der Waals surface area contributed by atoms with E-state index >= 15 is 0 Å². The topological polar surface area (TPSA) is 198 Å². The average molecular weight is 873 g/mol. The molecule has 2 amide bonds. The van der Waals surface area contributed by atoms with Crippen LogP contribution in [0.2, 0.25) is 0 Å². The third-order valence-electron chi connectivity index (χ3n) is 12.5. The summed E-state index contributed by atoms with van der Waals surface area (Å²) in [4.78, 5) is 25.2. The van der Waals surface area contributed by atoms with Crippen LogP contribution in [-0.4, -0.2) is 111 Å². The van der Waals surface area contributed by atoms with Crippen LogP contribution >= 0.6 is 0 Å². The number of hydrogen-bond acceptors (Lipinski definition) is 10. The molecule has 0 spiro atoms. The number of carbonyl (C=O) groups excluding carboxylic acids is 2. The molecule has 61 heavy (non-hydrogen) atoms. The Morgan fingerprint density at radius 3 is 1.41 bits per heavy atom. The Kier molecular flexibility index (Phi) is 37.9. The Hall–Kier alpha value is -1.38. The van der Waals surface area contributed by atoms with E-state index in [1.54, 1.807) is 0 Å². The van der Waals surface area contributed by atoms with Gasteiger partial charge in [0.25, 0.3) is 0 Å². The van der Waals surface area contributed by atoms with Crippen LogP contribution in [-0.2, 0) is 19.1 Å². The molecule has 3 unspecified atom stereocenters. The van der Waals surface area contributed by atoms with Crippen molar-refractivity contribution in [3.8, 4) is 0 Å². The second-order valence-corrected chi connectivity index (χ2v) is 18.2. The molecule has 362 valence electrons. The highest BCUT2D eigenvalue weighted by atomic mass is 16.7. The lowest BCUT2D eigenvalue weighted by Crippen LogP contribution is -2.60. The summed E-state index contributed by atoms with van der Waals surface area (Å²) in [6.07, 6.45) is 27.7. The molecule has 1 heterocycles. The summed E-state index contributed by atoms with van der Waals surface area (Å²) in [6, 6.07) is -1.02. The van der Waals surface area contributed by atoms with Gasteiger partial charge in [-0.3, -0.25) is 9.59 Å². The maximum absolute atomic E-state index is 13.0. The van der Waals surface area contributed by atoms with Gasteiger partial charge in [-0.15, -0.1) is 0 Å². The standard InChI is InChI=1S/C49H96N2O10/c1-3-5-7-9-11-13-15-17-19-22-26-30-34-41(53)45(56)40(39-60-49-48(59)47(58)46(57)42(38-52)61-49)51-44(55)36-32-28-24-21-25-29-33-37-50-43(54)35-31-27-23-20-18-16-14-12-10-8-6-4-2/h40-42,45-49,52-53,56-59H,3-39H2,1-2H3,(H,50,54)(H,51,55)/t40?,41?,42-,45?,46+,47+,48-,49+/m1/s1. The lowest BCUT2D eigenvalue weighted by molar-refractivity contribution is -0.303. The van der Waals surface area contributed by atoms with Crippen LogP contribution in [0.5, 0.6) is 0 Å². The molecule has 8 atom stereocenters. The summed E-state index contributed by atoms with van der Waals surface area (Å²) >= 11 is 0. The summed E-state index contributed by atoms with van der Waals surface area (Å²) in [7, 11) is 0. The minimum Gasteiger partial charge on any atom is -0.394 e. The number of rotatable bonds is 43. The van der Waals surface area contributed by atoms with Crippen LogP contribution < -0.4 is 10.6 Å². The second kappa shape index (κ2) is 40.2. The average Bonchev–Trinajstić information content (AvgIpc) is 3.25. The van der Waals surface area contributed by atoms with Crippen LogP contribution in [0.1, 0.15) is 232 Å². The van der Waals surface area contributed by atoms with Gasteiger partial charge in [0.15, 0.2) is 6.29 Å². The van der Waals surface area contributed by atoms with Crippen LogP contribution in [0, 0.1) is 0 Å². The highest BCUT2D eigenvalue weighted by Gasteiger charge is 2.44. The summed E-state index contributed by atoms with van der Waals surface area (Å²) in [5, 5.41) is 68.3. The Morgan fingerprint density at radius 1 is 0.541 bits per heavy atom. The molecule has 0 aromatic carbocycles. The number of unbranched alkanes of at least 4 members (excludes halogenated alkanes) is 28. The molecule has 1 fully saturated rings. The Morgan fingerprint density at radius 2 is 0.951 bits per heavy atom. The zero-order valence-electron chi connectivity index (χ0n) is 39.1. The molecular weight excluding hydrogens is 777 g/mol. The zero-order chi connectivity index (χ0) is 44.8. The fourth-order valence-corrected chi connectivity index (χ4v) is 8.28. The summed E-state index contributed by atoms with van der Waals surface area (Å²) in [5.74, 6) is -0.132. The lowest BCUT2D eigenvalue weighted by atomic mass is 9.98. The van der Waals surface area contributed by atoms with Gasteiger partial charge in [0.2, 0.25) is 11.8 Å². The third-order valence-corrected chi connectivity index (χ3v) is 12.5. The minimum absolute atomic E-state index is 0.162. The minimum atomic E-state index is -1.62. The van der Waals surface area contributed by atoms with Crippen molar-refractivity contribution >= 4 is 11.8 Å². The molecule has 8 N–H and O–H groups in total. The van der Waals surface area contributed by atoms with Crippen molar-refractivity contribution in [2.24, 2.45) is 0 Å². The summed E-state index contributed by atoms with van der Waals surface area (Å²) in [5.41, 5.74) is 0. The smallest absolute Gasteiger partial charge is 0.220 e. The number of ether oxygens (including phenoxy) is 2. The first-order valence-electron chi connectivity index (χ1n) is 25.5. The summed E-state index contributed by atoms with van der Waals surface area (Å²) < 4.78 is 11.1. The molecule has 1 aliphatic heterocycles. The van der Waals surface area contributed by atoms with Crippen LogP contribution in [0.3, 0.4) is 0 Å². The Bertz CT molecular complexity index is 1010. The largest absolute Gasteiger partial charge is 0.394 e. The number of nitrogens with one attached hydrogen (secondary N) is 2. The third kappa shape index (κ3) is 30.4. The van der Waals surface area contributed by atoms with E-state index in [0.717, 1.165) is 83.6 Å². The van der Waals surface area contributed by atoms with Crippen molar-refractivity contribution in [3.05, 3.63) is 0 Å². The zero-order valence-corrected chi connectivity index (χ0v) is 39.1. The van der Waals surface area contributed by atoms with Gasteiger partial charge >= 0.3 is 0 Å². The maximum Gasteiger partial charge on any atom is 0.220 e. The van der Waals surface area contributed by atoms with Crippen LogP contribution in [0.25, 0.3) is 0 Å². The van der Waals surface area contributed by atoms with Crippen molar-refractivity contribution in [1.29, 1.82) is 0 Å². The number of aliphatic hydroxyl groups is 6. The van der Waals surface area contributed by atoms with Crippen molar-refractivity contribution < 1.29 is 49.7 Å². The molecule has 0 aliphatic carbocycles. The maximum atomic E-state index is 13.0. The number of hydrogen-bond donors (Lipinski definition) is 8. The fraction of sp³-hybridized carbons (Fsp3) is 0.959. The van der Waals surface area contributed by atoms with Gasteiger partial charge in [0, 0.05) is 19.4 Å². The van der Waals surface area contributed by atoms with Gasteiger partial charge in [-0.1, -0.05) is 194 Å². The first-order chi connectivity index (χ1) is 29.7. The van der Waals surface area contributed by atoms with Gasteiger partial charge in [0.05, 0.1) is 25.4 Å². The van der Waals surface area contributed by atoms with E-state index in [1.165, 1.54) is 116 Å². The van der Waals surface area contributed by atoms with Gasteiger partial charge in [0.1, 0.15) is 30.5 Å². The van der Waals surface area contributed by atoms with E-state index in [4.69, 9.17) is 9.47 Å². The van der Waals surface area contributed by atoms with Gasteiger partial charge in [-0.2, -0.15) is 0 Å². The van der Waals surface area contributed by atoms with Gasteiger partial charge in [-0.05, 0) is 25.7 Å². The molecule has 1 aliphatic rings. The predicted octanol–water partition coefficient (Wildman–Crippen LogP) is 8.43. The summed E-state index contributed by atoms with van der Waals surface area (Å²) in [6.45, 7) is 4.28. The molecule has 12 nitrogen and oxygen atoms in total. The quantitative estimate of drug-likeness (QED) is 0.0275. The number of carbonyl (C=O) groups is 2. The van der Waals surface area contributed by atoms with Gasteiger partial charge < -0.3 is 50.7 Å². The van der Waals surface area contributed by atoms with E-state index < -0.39 is 55.6 Å². The van der Waals surface area contributed by atoms with E-state index in [9.17, 15) is 40.2 Å². The van der Waals surface area contributed by atoms with E-state index in [-0.39, 0.29) is 24.8 Å². The fourth-order valence-electron chi connectivity index (χ4n) is 8.28. The molecule has 0 aromatic heterocycles. The van der Waals surface area contributed by atoms with Crippen molar-refractivity contribution in [1.82, 2.24) is 10.6 Å². The molecule has 0 radical (unpaired) electrons. The molecule has 0 aromatic rings. The second-order valence-electron chi connectivity index (χ2n) is 18.2. The SMILES string of the molecule is CCCCCCCCCCCCCCC(=O)NCCCCCCCCCC(=O)NC(CO[C@H]1O[C@H](CO)[C@H](O)[C@H](O)[C@H]1O)C(O)C(O)CCCCCCCCCCCCCC. The van der Waals surface area contributed by atoms with Gasteiger partial charge in [-0.25, -0.2) is 0 Å². The van der Waals surface area contributed by atoms with Crippen molar-refractivity contribution in [2.45, 2.75) is 281 Å². The molecule has 1 saturated heterocycles. The van der Waals surface area contributed by atoms with E-state index in [2.05, 4.69) is 24.5 Å². The number of amides is 2. The van der Waals surface area contributed by atoms with E-state index in [1.807, 2.05) is 0 Å². The van der Waals surface area contributed by atoms with E-state index in [0.29, 0.717) is 19.3 Å². The first-order valence-corrected chi connectivity index (χ1v) is 25.5. The highest BCUT2D eigenvalue weighted by Crippen LogP contribution is 2.23. The molecule has 0 saturated carbocycles. The first kappa shape index (κ1) is 57.6. The van der Waals surface area contributed by atoms with Crippen molar-refractivity contribution in [3.63, 3.8) is 0 Å². The molecule has 0 bridgehead atoms. The lowest BCUT2D eigenvalue weighted by Gasteiger charge is -2.40. The Labute approximate surface area is 372 Å². The monoisotopic (exact) mass is 873 g/mol. The molecular formula is C49H96N2O10. The predicted molar refractivity (Wildman–Crippen MR) is 245 cm³/mol. The molecule has 12 heteroatoms. The Balaban J connectivity index is 2.30. The van der Waals surface area contributed by atoms with Crippen LogP contribution in [0.4, 0.5) is 0 Å². The van der Waals surface area contributed by atoms with Crippen LogP contribution in [0.15, 0.2) is 0 Å². The molecule has 1 rings (SSSR count). The normalized spacial score (nSPS) is 20.7. The number of aliphatic hydroxyl groups excluding tert-OH is 6.